The highest BCUT2D eigenvalue weighted by Crippen LogP contribution is 2.34. The predicted octanol–water partition coefficient (Wildman–Crippen LogP) is 4.27. The summed E-state index contributed by atoms with van der Waals surface area (Å²) in [6, 6.07) is 10.2. The number of imidazole rings is 1. The van der Waals surface area contributed by atoms with Crippen LogP contribution in [-0.2, 0) is 10.9 Å². The van der Waals surface area contributed by atoms with Crippen molar-refractivity contribution >= 4 is 28.7 Å². The Bertz CT molecular complexity index is 1400. The van der Waals surface area contributed by atoms with Crippen molar-refractivity contribution in [1.82, 2.24) is 19.5 Å². The fourth-order valence-corrected chi connectivity index (χ4v) is 3.30. The third-order valence-corrected chi connectivity index (χ3v) is 4.86. The van der Waals surface area contributed by atoms with Crippen LogP contribution in [0.15, 0.2) is 54.9 Å². The number of anilines is 1. The van der Waals surface area contributed by atoms with E-state index >= 15 is 0 Å². The number of nitrogens with one attached hydrogen (secondary N) is 1. The second-order valence-electron chi connectivity index (χ2n) is 7.14. The zero-order chi connectivity index (χ0) is 25.2. The largest absolute Gasteiger partial charge is 0.497 e. The third kappa shape index (κ3) is 4.90. The predicted molar refractivity (Wildman–Crippen MR) is 119 cm³/mol. The number of aromatic nitrogens is 4. The first-order chi connectivity index (χ1) is 16.7. The molecule has 4 rings (SSSR count). The Balaban J connectivity index is 1.62. The summed E-state index contributed by atoms with van der Waals surface area (Å²) in [5.41, 5.74) is 0.580. The van der Waals surface area contributed by atoms with Gasteiger partial charge >= 0.3 is 12.1 Å². The summed E-state index contributed by atoms with van der Waals surface area (Å²) in [7, 11) is 1.40. The van der Waals surface area contributed by atoms with Crippen LogP contribution in [0.4, 0.5) is 19.0 Å². The molecular weight excluding hydrogens is 467 g/mol. The van der Waals surface area contributed by atoms with E-state index in [2.05, 4.69) is 20.3 Å². The number of fused-ring (bicyclic) bond motifs is 1. The van der Waals surface area contributed by atoms with Gasteiger partial charge < -0.3 is 14.8 Å². The van der Waals surface area contributed by atoms with Crippen molar-refractivity contribution in [3.05, 3.63) is 71.8 Å². The van der Waals surface area contributed by atoms with Crippen molar-refractivity contribution in [2.75, 3.05) is 19.0 Å². The lowest BCUT2D eigenvalue weighted by molar-refractivity contribution is -0.145. The minimum Gasteiger partial charge on any atom is -0.497 e. The van der Waals surface area contributed by atoms with E-state index in [9.17, 15) is 22.8 Å². The van der Waals surface area contributed by atoms with E-state index in [1.54, 1.807) is 6.92 Å². The van der Waals surface area contributed by atoms with Crippen LogP contribution in [-0.4, -0.2) is 45.1 Å². The molecule has 180 valence electrons. The van der Waals surface area contributed by atoms with E-state index in [4.69, 9.17) is 9.47 Å². The molecule has 0 bridgehead atoms. The summed E-state index contributed by atoms with van der Waals surface area (Å²) < 4.78 is 51.8. The first kappa shape index (κ1) is 23.7. The van der Waals surface area contributed by atoms with Gasteiger partial charge in [-0.05, 0) is 37.3 Å². The zero-order valence-corrected chi connectivity index (χ0v) is 18.5. The average molecular weight is 485 g/mol. The Morgan fingerprint density at radius 3 is 2.49 bits per heavy atom. The molecule has 0 saturated heterocycles. The Morgan fingerprint density at radius 1 is 1.06 bits per heavy atom. The van der Waals surface area contributed by atoms with E-state index in [1.165, 1.54) is 49.6 Å². The smallest absolute Gasteiger partial charge is 0.450 e. The molecule has 1 N–H and O–H groups in total. The molecule has 2 aromatic carbocycles. The molecule has 0 aliphatic rings. The number of carbonyl (C=O) groups excluding carboxylic acids is 2. The fourth-order valence-electron chi connectivity index (χ4n) is 3.30. The lowest BCUT2D eigenvalue weighted by atomic mass is 10.1. The van der Waals surface area contributed by atoms with Crippen molar-refractivity contribution in [3.8, 4) is 11.6 Å². The minimum atomic E-state index is -4.76. The number of hydrogen-bond acceptors (Lipinski definition) is 7. The number of rotatable bonds is 6. The van der Waals surface area contributed by atoms with Gasteiger partial charge in [0.05, 0.1) is 42.7 Å². The second kappa shape index (κ2) is 9.41. The first-order valence-corrected chi connectivity index (χ1v) is 10.3. The number of halogens is 3. The SMILES string of the molecule is CCOC(=O)c1cccc(C(=O)Nc2cnc(-n3c(C(F)(F)F)nc4cc(OC)ccc43)cn2)c1. The van der Waals surface area contributed by atoms with E-state index in [-0.39, 0.29) is 40.4 Å². The van der Waals surface area contributed by atoms with Crippen molar-refractivity contribution in [3.63, 3.8) is 0 Å². The molecule has 0 radical (unpaired) electrons. The zero-order valence-electron chi connectivity index (χ0n) is 18.5. The maximum Gasteiger partial charge on any atom is 0.450 e. The van der Waals surface area contributed by atoms with Crippen LogP contribution in [0.3, 0.4) is 0 Å². The molecule has 0 atom stereocenters. The molecule has 0 unspecified atom stereocenters. The fraction of sp³-hybridized carbons (Fsp3) is 0.174. The van der Waals surface area contributed by atoms with Crippen molar-refractivity contribution in [1.29, 1.82) is 0 Å². The minimum absolute atomic E-state index is 0.0000587. The summed E-state index contributed by atoms with van der Waals surface area (Å²) in [5, 5.41) is 2.50. The highest BCUT2D eigenvalue weighted by atomic mass is 19.4. The molecule has 2 heterocycles. The molecular formula is C23H18F3N5O4. The number of benzene rings is 2. The van der Waals surface area contributed by atoms with Crippen LogP contribution in [0, 0.1) is 0 Å². The Hall–Kier alpha value is -4.48. The Kier molecular flexibility index (Phi) is 6.36. The van der Waals surface area contributed by atoms with Gasteiger partial charge in [0.1, 0.15) is 5.75 Å². The van der Waals surface area contributed by atoms with Gasteiger partial charge in [-0.2, -0.15) is 13.2 Å². The Labute approximate surface area is 196 Å². The standard InChI is InChI=1S/C23H18F3N5O4/c1-3-35-21(33)14-6-4-5-13(9-14)20(32)30-18-11-28-19(12-27-18)31-17-8-7-15(34-2)10-16(17)29-22(31)23(24,25)26/h4-12H,3H2,1-2H3,(H,27,30,32). The lowest BCUT2D eigenvalue weighted by Gasteiger charge is -2.11. The Morgan fingerprint density at radius 2 is 1.83 bits per heavy atom. The van der Waals surface area contributed by atoms with Crippen molar-refractivity contribution in [2.45, 2.75) is 13.1 Å². The number of hydrogen-bond donors (Lipinski definition) is 1. The van der Waals surface area contributed by atoms with Crippen molar-refractivity contribution < 1.29 is 32.2 Å². The third-order valence-electron chi connectivity index (χ3n) is 4.86. The molecule has 4 aromatic rings. The molecule has 0 fully saturated rings. The number of esters is 1. The maximum absolute atomic E-state index is 13.7. The number of methoxy groups -OCH3 is 1. The van der Waals surface area contributed by atoms with Gasteiger partial charge in [-0.1, -0.05) is 6.07 Å². The van der Waals surface area contributed by atoms with Gasteiger partial charge in [0.25, 0.3) is 5.91 Å². The van der Waals surface area contributed by atoms with Crippen LogP contribution in [0.25, 0.3) is 16.9 Å². The maximum atomic E-state index is 13.7. The molecule has 1 amide bonds. The summed E-state index contributed by atoms with van der Waals surface area (Å²) in [4.78, 5) is 36.2. The van der Waals surface area contributed by atoms with E-state index < -0.39 is 23.9 Å². The normalized spacial score (nSPS) is 11.3. The van der Waals surface area contributed by atoms with Gasteiger partial charge in [-0.25, -0.2) is 19.7 Å². The van der Waals surface area contributed by atoms with Crippen LogP contribution in [0.1, 0.15) is 33.5 Å². The first-order valence-electron chi connectivity index (χ1n) is 10.3. The summed E-state index contributed by atoms with van der Waals surface area (Å²) in [6.45, 7) is 1.85. The molecule has 35 heavy (non-hydrogen) atoms. The number of alkyl halides is 3. The van der Waals surface area contributed by atoms with Gasteiger partial charge in [0.15, 0.2) is 11.6 Å². The topological polar surface area (TPSA) is 108 Å². The summed E-state index contributed by atoms with van der Waals surface area (Å²) >= 11 is 0. The highest BCUT2D eigenvalue weighted by Gasteiger charge is 2.38. The second-order valence-corrected chi connectivity index (χ2v) is 7.14. The number of carbonyl (C=O) groups is 2. The number of amides is 1. The quantitative estimate of drug-likeness (QED) is 0.406. The van der Waals surface area contributed by atoms with Gasteiger partial charge in [0.2, 0.25) is 5.82 Å². The van der Waals surface area contributed by atoms with Gasteiger partial charge in [-0.3, -0.25) is 9.36 Å². The molecule has 0 saturated carbocycles. The number of nitrogens with zero attached hydrogens (tertiary/aromatic N) is 4. The van der Waals surface area contributed by atoms with Gasteiger partial charge in [-0.15, -0.1) is 0 Å². The monoisotopic (exact) mass is 485 g/mol. The van der Waals surface area contributed by atoms with E-state index in [0.29, 0.717) is 5.75 Å². The summed E-state index contributed by atoms with van der Waals surface area (Å²) in [5.74, 6) is -2.13. The van der Waals surface area contributed by atoms with E-state index in [1.807, 2.05) is 0 Å². The van der Waals surface area contributed by atoms with Crippen LogP contribution >= 0.6 is 0 Å². The number of ether oxygens (including phenoxy) is 2. The molecule has 0 spiro atoms. The summed E-state index contributed by atoms with van der Waals surface area (Å²) in [6.07, 6.45) is -2.55. The lowest BCUT2D eigenvalue weighted by Crippen LogP contribution is -2.16. The van der Waals surface area contributed by atoms with Gasteiger partial charge in [0, 0.05) is 11.6 Å². The molecule has 0 aliphatic heterocycles. The van der Waals surface area contributed by atoms with Crippen LogP contribution < -0.4 is 10.1 Å². The van der Waals surface area contributed by atoms with E-state index in [0.717, 1.165) is 17.0 Å². The molecule has 2 aromatic heterocycles. The molecule has 0 aliphatic carbocycles. The van der Waals surface area contributed by atoms with Crippen LogP contribution in [0.5, 0.6) is 5.75 Å². The highest BCUT2D eigenvalue weighted by molar-refractivity contribution is 6.05. The van der Waals surface area contributed by atoms with Crippen LogP contribution in [0.2, 0.25) is 0 Å². The molecule has 9 nitrogen and oxygen atoms in total. The van der Waals surface area contributed by atoms with Crippen molar-refractivity contribution in [2.24, 2.45) is 0 Å². The average Bonchev–Trinajstić information content (AvgIpc) is 3.24. The molecule has 12 heteroatoms.